The average Bonchev–Trinajstić information content (AvgIpc) is 2.67. The van der Waals surface area contributed by atoms with E-state index >= 15 is 0 Å². The summed E-state index contributed by atoms with van der Waals surface area (Å²) in [5.41, 5.74) is 6.40. The van der Waals surface area contributed by atoms with Crippen LogP contribution in [0.4, 0.5) is 0 Å². The fourth-order valence-electron chi connectivity index (χ4n) is 4.74. The molecule has 1 aromatic rings. The average molecular weight is 217 g/mol. The monoisotopic (exact) mass is 217 g/mol. The second kappa shape index (κ2) is 2.89. The predicted octanol–water partition coefficient (Wildman–Crippen LogP) is 1.71. The van der Waals surface area contributed by atoms with Gasteiger partial charge in [0.1, 0.15) is 5.82 Å². The van der Waals surface area contributed by atoms with Crippen LogP contribution in [0.3, 0.4) is 0 Å². The van der Waals surface area contributed by atoms with E-state index in [-0.39, 0.29) is 6.04 Å². The van der Waals surface area contributed by atoms with E-state index in [4.69, 9.17) is 5.73 Å². The smallest absolute Gasteiger partial charge is 0.125 e. The lowest BCUT2D eigenvalue weighted by molar-refractivity contribution is 0.404. The van der Waals surface area contributed by atoms with Gasteiger partial charge >= 0.3 is 0 Å². The number of hydrogen-bond acceptors (Lipinski definition) is 2. The molecule has 1 heterocycles. The van der Waals surface area contributed by atoms with Crippen LogP contribution in [0.2, 0.25) is 0 Å². The van der Waals surface area contributed by atoms with Crippen molar-refractivity contribution in [3.63, 3.8) is 0 Å². The minimum atomic E-state index is 0.179. The third kappa shape index (κ3) is 1.000. The van der Waals surface area contributed by atoms with Gasteiger partial charge in [-0.15, -0.1) is 0 Å². The maximum Gasteiger partial charge on any atom is 0.125 e. The second-order valence-corrected chi connectivity index (χ2v) is 5.99. The summed E-state index contributed by atoms with van der Waals surface area (Å²) in [5, 5.41) is 0. The number of nitrogens with two attached hydrogens (primary N) is 1. The molecule has 0 spiro atoms. The van der Waals surface area contributed by atoms with Crippen LogP contribution in [0.15, 0.2) is 12.4 Å². The Morgan fingerprint density at radius 1 is 1.38 bits per heavy atom. The molecule has 3 fully saturated rings. The summed E-state index contributed by atoms with van der Waals surface area (Å²) in [6, 6.07) is 0.179. The van der Waals surface area contributed by atoms with Gasteiger partial charge in [-0.25, -0.2) is 4.98 Å². The van der Waals surface area contributed by atoms with Crippen molar-refractivity contribution >= 4 is 0 Å². The molecule has 2 bridgehead atoms. The van der Waals surface area contributed by atoms with Crippen LogP contribution in [0, 0.1) is 29.6 Å². The number of nitrogens with zero attached hydrogens (tertiary/aromatic N) is 2. The molecule has 3 heteroatoms. The van der Waals surface area contributed by atoms with E-state index in [0.29, 0.717) is 0 Å². The molecule has 5 atom stereocenters. The summed E-state index contributed by atoms with van der Waals surface area (Å²) in [6.45, 7) is 0. The minimum absolute atomic E-state index is 0.179. The van der Waals surface area contributed by atoms with Gasteiger partial charge in [0, 0.05) is 19.4 Å². The Labute approximate surface area is 96.0 Å². The standard InChI is InChI=1S/C13H19N3/c1-16-5-4-15-13(16)12(14)11-9-7-2-3-8(6-7)10(9)11/h4-5,7-12H,2-3,6,14H2,1H3. The number of hydrogen-bond donors (Lipinski definition) is 1. The Bertz CT molecular complexity index is 409. The van der Waals surface area contributed by atoms with Crippen molar-refractivity contribution in [2.75, 3.05) is 0 Å². The molecule has 0 amide bonds. The summed E-state index contributed by atoms with van der Waals surface area (Å²) in [7, 11) is 2.05. The zero-order chi connectivity index (χ0) is 10.9. The van der Waals surface area contributed by atoms with Gasteiger partial charge in [-0.05, 0) is 48.9 Å². The third-order valence-electron chi connectivity index (χ3n) is 5.37. The highest BCUT2D eigenvalue weighted by molar-refractivity contribution is 5.18. The first-order valence-corrected chi connectivity index (χ1v) is 6.50. The van der Waals surface area contributed by atoms with Crippen molar-refractivity contribution in [1.29, 1.82) is 0 Å². The van der Waals surface area contributed by atoms with Gasteiger partial charge in [-0.1, -0.05) is 0 Å². The van der Waals surface area contributed by atoms with Crippen molar-refractivity contribution in [1.82, 2.24) is 9.55 Å². The Morgan fingerprint density at radius 3 is 2.62 bits per heavy atom. The lowest BCUT2D eigenvalue weighted by Crippen LogP contribution is -2.21. The number of rotatable bonds is 2. The number of imidazole rings is 1. The van der Waals surface area contributed by atoms with Crippen LogP contribution in [0.1, 0.15) is 31.1 Å². The van der Waals surface area contributed by atoms with E-state index in [9.17, 15) is 0 Å². The van der Waals surface area contributed by atoms with Gasteiger partial charge in [0.2, 0.25) is 0 Å². The number of fused-ring (bicyclic) bond motifs is 5. The van der Waals surface area contributed by atoms with Crippen molar-refractivity contribution < 1.29 is 0 Å². The zero-order valence-electron chi connectivity index (χ0n) is 9.71. The number of aryl methyl sites for hydroxylation is 1. The van der Waals surface area contributed by atoms with E-state index in [0.717, 1.165) is 35.4 Å². The first kappa shape index (κ1) is 9.23. The van der Waals surface area contributed by atoms with Crippen LogP contribution in [-0.2, 0) is 7.05 Å². The van der Waals surface area contributed by atoms with Crippen LogP contribution >= 0.6 is 0 Å². The number of aromatic nitrogens is 2. The Balaban J connectivity index is 1.59. The molecule has 3 saturated carbocycles. The summed E-state index contributed by atoms with van der Waals surface area (Å²) >= 11 is 0. The molecule has 0 aliphatic heterocycles. The molecule has 16 heavy (non-hydrogen) atoms. The zero-order valence-corrected chi connectivity index (χ0v) is 9.71. The topological polar surface area (TPSA) is 43.8 Å². The highest BCUT2D eigenvalue weighted by Gasteiger charge is 2.66. The molecule has 3 aliphatic carbocycles. The van der Waals surface area contributed by atoms with Gasteiger partial charge in [-0.3, -0.25) is 0 Å². The molecule has 3 nitrogen and oxygen atoms in total. The molecule has 3 aliphatic rings. The maximum atomic E-state index is 6.40. The summed E-state index contributed by atoms with van der Waals surface area (Å²) in [4.78, 5) is 4.41. The fraction of sp³-hybridized carbons (Fsp3) is 0.769. The lowest BCUT2D eigenvalue weighted by Gasteiger charge is -2.15. The second-order valence-electron chi connectivity index (χ2n) is 5.99. The van der Waals surface area contributed by atoms with Crippen molar-refractivity contribution in [2.24, 2.45) is 42.4 Å². The van der Waals surface area contributed by atoms with Crippen LogP contribution in [0.25, 0.3) is 0 Å². The normalized spacial score (nSPS) is 45.8. The van der Waals surface area contributed by atoms with E-state index in [1.807, 2.05) is 12.4 Å². The van der Waals surface area contributed by atoms with Crippen LogP contribution in [0.5, 0.6) is 0 Å². The largest absolute Gasteiger partial charge is 0.337 e. The summed E-state index contributed by atoms with van der Waals surface area (Å²) < 4.78 is 2.08. The molecular formula is C13H19N3. The Morgan fingerprint density at radius 2 is 2.06 bits per heavy atom. The molecule has 0 radical (unpaired) electrons. The predicted molar refractivity (Wildman–Crippen MR) is 61.4 cm³/mol. The van der Waals surface area contributed by atoms with Gasteiger partial charge < -0.3 is 10.3 Å². The molecule has 86 valence electrons. The highest BCUT2D eigenvalue weighted by atomic mass is 15.1. The first-order chi connectivity index (χ1) is 7.77. The van der Waals surface area contributed by atoms with E-state index < -0.39 is 0 Å². The summed E-state index contributed by atoms with van der Waals surface area (Å²) in [6.07, 6.45) is 8.30. The SMILES string of the molecule is Cn1ccnc1C(N)C1C2C3CCC(C3)C21. The first-order valence-electron chi connectivity index (χ1n) is 6.50. The van der Waals surface area contributed by atoms with Crippen LogP contribution in [-0.4, -0.2) is 9.55 Å². The van der Waals surface area contributed by atoms with Gasteiger partial charge in [0.15, 0.2) is 0 Å². The Kier molecular flexibility index (Phi) is 1.67. The van der Waals surface area contributed by atoms with Gasteiger partial charge in [0.25, 0.3) is 0 Å². The third-order valence-corrected chi connectivity index (χ3v) is 5.37. The fourth-order valence-corrected chi connectivity index (χ4v) is 4.74. The van der Waals surface area contributed by atoms with E-state index in [1.165, 1.54) is 19.3 Å². The maximum absolute atomic E-state index is 6.40. The van der Waals surface area contributed by atoms with E-state index in [2.05, 4.69) is 16.6 Å². The quantitative estimate of drug-likeness (QED) is 0.819. The Hall–Kier alpha value is -0.830. The van der Waals surface area contributed by atoms with Gasteiger partial charge in [0.05, 0.1) is 6.04 Å². The summed E-state index contributed by atoms with van der Waals surface area (Å²) in [5.74, 6) is 5.74. The van der Waals surface area contributed by atoms with Gasteiger partial charge in [-0.2, -0.15) is 0 Å². The molecule has 2 N–H and O–H groups in total. The molecule has 0 saturated heterocycles. The van der Waals surface area contributed by atoms with Crippen molar-refractivity contribution in [3.8, 4) is 0 Å². The van der Waals surface area contributed by atoms with E-state index in [1.54, 1.807) is 0 Å². The molecule has 1 aromatic heterocycles. The molecule has 0 aromatic carbocycles. The molecule has 5 unspecified atom stereocenters. The minimum Gasteiger partial charge on any atom is -0.337 e. The lowest BCUT2D eigenvalue weighted by atomic mass is 9.97. The van der Waals surface area contributed by atoms with Crippen molar-refractivity contribution in [2.45, 2.75) is 25.3 Å². The molecular weight excluding hydrogens is 198 g/mol. The van der Waals surface area contributed by atoms with Crippen molar-refractivity contribution in [3.05, 3.63) is 18.2 Å². The molecule has 4 rings (SSSR count). The highest BCUT2D eigenvalue weighted by Crippen LogP contribution is 2.71. The van der Waals surface area contributed by atoms with Crippen LogP contribution < -0.4 is 5.73 Å².